The highest BCUT2D eigenvalue weighted by Gasteiger charge is 2.00. The maximum absolute atomic E-state index is 11.6. The van der Waals surface area contributed by atoms with Crippen molar-refractivity contribution in [1.29, 1.82) is 0 Å². The zero-order chi connectivity index (χ0) is 14.6. The Morgan fingerprint density at radius 1 is 1.20 bits per heavy atom. The number of aryl methyl sites for hydroxylation is 1. The zero-order valence-corrected chi connectivity index (χ0v) is 12.6. The van der Waals surface area contributed by atoms with Crippen molar-refractivity contribution in [3.8, 4) is 0 Å². The molecule has 112 valence electrons. The number of anilines is 1. The Morgan fingerprint density at radius 2 is 1.95 bits per heavy atom. The molecule has 0 aliphatic heterocycles. The number of rotatable bonds is 10. The van der Waals surface area contributed by atoms with Gasteiger partial charge < -0.3 is 15.4 Å². The van der Waals surface area contributed by atoms with Gasteiger partial charge in [-0.2, -0.15) is 0 Å². The molecule has 0 fully saturated rings. The summed E-state index contributed by atoms with van der Waals surface area (Å²) in [6.45, 7) is 3.83. The summed E-state index contributed by atoms with van der Waals surface area (Å²) in [6.07, 6.45) is 4.39. The molecule has 0 radical (unpaired) electrons. The quantitative estimate of drug-likeness (QED) is 0.647. The van der Waals surface area contributed by atoms with Gasteiger partial charge in [-0.15, -0.1) is 0 Å². The van der Waals surface area contributed by atoms with Gasteiger partial charge in [0.25, 0.3) is 0 Å². The van der Waals surface area contributed by atoms with Crippen LogP contribution in [0.25, 0.3) is 0 Å². The molecule has 0 spiro atoms. The minimum Gasteiger partial charge on any atom is -0.385 e. The number of methoxy groups -OCH3 is 1. The summed E-state index contributed by atoms with van der Waals surface area (Å²) < 4.78 is 4.93. The molecule has 1 rings (SSSR count). The molecule has 1 aromatic carbocycles. The molecule has 4 heteroatoms. The summed E-state index contributed by atoms with van der Waals surface area (Å²) in [6, 6.07) is 8.30. The Hall–Kier alpha value is -1.55. The third-order valence-electron chi connectivity index (χ3n) is 3.07. The zero-order valence-electron chi connectivity index (χ0n) is 12.6. The SMILES string of the molecule is CCCCc1ccc(NCC(=O)NCCCOC)cc1. The fourth-order valence-corrected chi connectivity index (χ4v) is 1.86. The van der Waals surface area contributed by atoms with Crippen LogP contribution in [-0.4, -0.2) is 32.7 Å². The van der Waals surface area contributed by atoms with E-state index in [1.807, 2.05) is 12.1 Å². The van der Waals surface area contributed by atoms with E-state index in [1.54, 1.807) is 7.11 Å². The first-order chi connectivity index (χ1) is 9.76. The topological polar surface area (TPSA) is 50.4 Å². The predicted octanol–water partition coefficient (Wildman–Crippen LogP) is 2.59. The second-order valence-corrected chi connectivity index (χ2v) is 4.85. The number of hydrogen-bond donors (Lipinski definition) is 2. The molecule has 0 aliphatic carbocycles. The van der Waals surface area contributed by atoms with E-state index in [0.29, 0.717) is 19.7 Å². The fourth-order valence-electron chi connectivity index (χ4n) is 1.86. The minimum atomic E-state index is 0.0103. The number of nitrogens with one attached hydrogen (secondary N) is 2. The Labute approximate surface area is 121 Å². The average molecular weight is 278 g/mol. The van der Waals surface area contributed by atoms with Crippen molar-refractivity contribution in [1.82, 2.24) is 5.32 Å². The minimum absolute atomic E-state index is 0.0103. The van der Waals surface area contributed by atoms with E-state index in [2.05, 4.69) is 29.7 Å². The van der Waals surface area contributed by atoms with Crippen LogP contribution >= 0.6 is 0 Å². The van der Waals surface area contributed by atoms with Gasteiger partial charge >= 0.3 is 0 Å². The highest BCUT2D eigenvalue weighted by molar-refractivity contribution is 5.80. The van der Waals surface area contributed by atoms with Crippen molar-refractivity contribution >= 4 is 11.6 Å². The number of carbonyl (C=O) groups excluding carboxylic acids is 1. The van der Waals surface area contributed by atoms with Gasteiger partial charge in [0.15, 0.2) is 0 Å². The highest BCUT2D eigenvalue weighted by atomic mass is 16.5. The maximum Gasteiger partial charge on any atom is 0.239 e. The van der Waals surface area contributed by atoms with Gasteiger partial charge in [-0.1, -0.05) is 25.5 Å². The lowest BCUT2D eigenvalue weighted by Gasteiger charge is -2.08. The van der Waals surface area contributed by atoms with Gasteiger partial charge in [0, 0.05) is 25.9 Å². The highest BCUT2D eigenvalue weighted by Crippen LogP contribution is 2.11. The van der Waals surface area contributed by atoms with E-state index in [9.17, 15) is 4.79 Å². The molecular formula is C16H26N2O2. The Bertz CT molecular complexity index is 377. The normalized spacial score (nSPS) is 10.3. The van der Waals surface area contributed by atoms with Gasteiger partial charge in [0.05, 0.1) is 6.54 Å². The molecule has 0 saturated heterocycles. The summed E-state index contributed by atoms with van der Waals surface area (Å²) in [7, 11) is 1.66. The molecule has 0 heterocycles. The molecule has 0 aromatic heterocycles. The summed E-state index contributed by atoms with van der Waals surface area (Å²) in [5.74, 6) is 0.0103. The van der Waals surface area contributed by atoms with Crippen LogP contribution in [0, 0.1) is 0 Å². The van der Waals surface area contributed by atoms with Crippen molar-refractivity contribution in [2.75, 3.05) is 32.1 Å². The summed E-state index contributed by atoms with van der Waals surface area (Å²) in [4.78, 5) is 11.6. The van der Waals surface area contributed by atoms with Gasteiger partial charge in [-0.05, 0) is 37.0 Å². The van der Waals surface area contributed by atoms with Crippen LogP contribution in [0.15, 0.2) is 24.3 Å². The molecule has 0 saturated carbocycles. The number of benzene rings is 1. The van der Waals surface area contributed by atoms with Crippen molar-refractivity contribution in [2.24, 2.45) is 0 Å². The number of amides is 1. The smallest absolute Gasteiger partial charge is 0.239 e. The van der Waals surface area contributed by atoms with E-state index in [1.165, 1.54) is 18.4 Å². The van der Waals surface area contributed by atoms with Gasteiger partial charge in [0.2, 0.25) is 5.91 Å². The lowest BCUT2D eigenvalue weighted by atomic mass is 10.1. The van der Waals surface area contributed by atoms with Crippen LogP contribution < -0.4 is 10.6 Å². The molecule has 1 aromatic rings. The van der Waals surface area contributed by atoms with Crippen molar-refractivity contribution in [2.45, 2.75) is 32.6 Å². The number of ether oxygens (including phenoxy) is 1. The number of unbranched alkanes of at least 4 members (excludes halogenated alkanes) is 1. The molecule has 0 aliphatic rings. The van der Waals surface area contributed by atoms with Crippen molar-refractivity contribution < 1.29 is 9.53 Å². The monoisotopic (exact) mass is 278 g/mol. The average Bonchev–Trinajstić information content (AvgIpc) is 2.48. The Morgan fingerprint density at radius 3 is 2.60 bits per heavy atom. The first-order valence-corrected chi connectivity index (χ1v) is 7.34. The first kappa shape index (κ1) is 16.5. The molecular weight excluding hydrogens is 252 g/mol. The summed E-state index contributed by atoms with van der Waals surface area (Å²) >= 11 is 0. The maximum atomic E-state index is 11.6. The molecule has 20 heavy (non-hydrogen) atoms. The largest absolute Gasteiger partial charge is 0.385 e. The number of carbonyl (C=O) groups is 1. The van der Waals surface area contributed by atoms with E-state index in [4.69, 9.17) is 4.74 Å². The molecule has 0 bridgehead atoms. The van der Waals surface area contributed by atoms with Crippen LogP contribution in [0.5, 0.6) is 0 Å². The van der Waals surface area contributed by atoms with Crippen LogP contribution in [0.3, 0.4) is 0 Å². The molecule has 1 amide bonds. The lowest BCUT2D eigenvalue weighted by Crippen LogP contribution is -2.31. The third kappa shape index (κ3) is 7.14. The van der Waals surface area contributed by atoms with E-state index < -0.39 is 0 Å². The predicted molar refractivity (Wildman–Crippen MR) is 83.0 cm³/mol. The van der Waals surface area contributed by atoms with Gasteiger partial charge in [0.1, 0.15) is 0 Å². The van der Waals surface area contributed by atoms with Crippen LogP contribution in [0.1, 0.15) is 31.7 Å². The first-order valence-electron chi connectivity index (χ1n) is 7.34. The molecule has 0 atom stereocenters. The number of hydrogen-bond acceptors (Lipinski definition) is 3. The van der Waals surface area contributed by atoms with Crippen LogP contribution in [0.2, 0.25) is 0 Å². The van der Waals surface area contributed by atoms with Crippen molar-refractivity contribution in [3.63, 3.8) is 0 Å². The van der Waals surface area contributed by atoms with Crippen molar-refractivity contribution in [3.05, 3.63) is 29.8 Å². The second kappa shape index (κ2) is 10.3. The van der Waals surface area contributed by atoms with Crippen LogP contribution in [-0.2, 0) is 16.0 Å². The Balaban J connectivity index is 2.22. The van der Waals surface area contributed by atoms with Crippen LogP contribution in [0.4, 0.5) is 5.69 Å². The molecule has 2 N–H and O–H groups in total. The van der Waals surface area contributed by atoms with E-state index in [-0.39, 0.29) is 5.91 Å². The fraction of sp³-hybridized carbons (Fsp3) is 0.562. The Kier molecular flexibility index (Phi) is 8.47. The summed E-state index contributed by atoms with van der Waals surface area (Å²) in [5.41, 5.74) is 2.33. The van der Waals surface area contributed by atoms with E-state index in [0.717, 1.165) is 18.5 Å². The summed E-state index contributed by atoms with van der Waals surface area (Å²) in [5, 5.41) is 5.97. The third-order valence-corrected chi connectivity index (χ3v) is 3.07. The second-order valence-electron chi connectivity index (χ2n) is 4.85. The van der Waals surface area contributed by atoms with Gasteiger partial charge in [-0.25, -0.2) is 0 Å². The molecule has 4 nitrogen and oxygen atoms in total. The molecule has 0 unspecified atom stereocenters. The standard InChI is InChI=1S/C16H26N2O2/c1-3-4-6-14-7-9-15(10-8-14)18-13-16(19)17-11-5-12-20-2/h7-10,18H,3-6,11-13H2,1-2H3,(H,17,19). The van der Waals surface area contributed by atoms with Gasteiger partial charge in [-0.3, -0.25) is 4.79 Å². The lowest BCUT2D eigenvalue weighted by molar-refractivity contribution is -0.119. The van der Waals surface area contributed by atoms with E-state index >= 15 is 0 Å².